The number of carboxylic acid groups (broad SMARTS) is 1. The summed E-state index contributed by atoms with van der Waals surface area (Å²) >= 11 is 6.00. The fourth-order valence-electron chi connectivity index (χ4n) is 1.43. The van der Waals surface area contributed by atoms with E-state index in [0.29, 0.717) is 10.8 Å². The van der Waals surface area contributed by atoms with Gasteiger partial charge < -0.3 is 9.84 Å². The minimum Gasteiger partial charge on any atom is -0.480 e. The quantitative estimate of drug-likeness (QED) is 0.859. The average molecular weight is 291 g/mol. The van der Waals surface area contributed by atoms with Crippen molar-refractivity contribution in [1.82, 2.24) is 4.98 Å². The summed E-state index contributed by atoms with van der Waals surface area (Å²) in [5, 5.41) is 8.87. The molecule has 0 aliphatic heterocycles. The number of ether oxygens (including phenoxy) is 1. The average Bonchev–Trinajstić information content (AvgIpc) is 2.45. The lowest BCUT2D eigenvalue weighted by atomic mass is 10.2. The Hall–Kier alpha value is -2.40. The van der Waals surface area contributed by atoms with E-state index >= 15 is 0 Å². The zero-order valence-corrected chi connectivity index (χ0v) is 11.1. The number of carbonyl (C=O) groups is 1. The molecule has 6 heteroatoms. The van der Waals surface area contributed by atoms with Crippen LogP contribution in [0.2, 0.25) is 5.02 Å². The molecule has 0 bridgehead atoms. The highest BCUT2D eigenvalue weighted by Crippen LogP contribution is 2.25. The molecule has 102 valence electrons. The van der Waals surface area contributed by atoms with Crippen molar-refractivity contribution in [3.8, 4) is 5.75 Å². The minimum absolute atomic E-state index is 0.326. The number of pyridine rings is 1. The van der Waals surface area contributed by atoms with E-state index in [9.17, 15) is 4.79 Å². The number of hydrogen-bond acceptors (Lipinski definition) is 4. The van der Waals surface area contributed by atoms with Crippen LogP contribution >= 0.6 is 11.6 Å². The largest absolute Gasteiger partial charge is 0.480 e. The molecule has 0 unspecified atom stereocenters. The molecule has 2 aromatic rings. The third kappa shape index (κ3) is 4.07. The van der Waals surface area contributed by atoms with E-state index in [1.54, 1.807) is 42.9 Å². The van der Waals surface area contributed by atoms with Crippen LogP contribution in [0.5, 0.6) is 5.75 Å². The lowest BCUT2D eigenvalue weighted by Crippen LogP contribution is -2.09. The van der Waals surface area contributed by atoms with Crippen LogP contribution in [0.4, 0.5) is 5.69 Å². The molecule has 0 spiro atoms. The Labute approximate surface area is 120 Å². The highest BCUT2D eigenvalue weighted by molar-refractivity contribution is 6.32. The standard InChI is InChI=1S/C14H11ClN2O3/c15-12-6-10(3-4-13(12)20-9-14(18)19)7-17-11-2-1-5-16-8-11/h1-8H,9H2,(H,18,19). The molecule has 20 heavy (non-hydrogen) atoms. The third-order valence-electron chi connectivity index (χ3n) is 2.32. The predicted octanol–water partition coefficient (Wildman–Crippen LogP) is 2.95. The summed E-state index contributed by atoms with van der Waals surface area (Å²) in [5.41, 5.74) is 1.51. The maximum atomic E-state index is 10.4. The molecule has 0 aliphatic carbocycles. The van der Waals surface area contributed by atoms with Gasteiger partial charge in [0.1, 0.15) is 5.75 Å². The number of rotatable bonds is 5. The summed E-state index contributed by atoms with van der Waals surface area (Å²) in [6.07, 6.45) is 4.96. The summed E-state index contributed by atoms with van der Waals surface area (Å²) in [6, 6.07) is 8.62. The molecule has 1 N–H and O–H groups in total. The van der Waals surface area contributed by atoms with Gasteiger partial charge in [0.15, 0.2) is 6.61 Å². The van der Waals surface area contributed by atoms with Gasteiger partial charge in [-0.3, -0.25) is 9.98 Å². The molecule has 0 radical (unpaired) electrons. The van der Waals surface area contributed by atoms with Gasteiger partial charge in [0.2, 0.25) is 0 Å². The second kappa shape index (κ2) is 6.68. The Morgan fingerprint density at radius 3 is 2.95 bits per heavy atom. The normalized spacial score (nSPS) is 10.7. The number of benzene rings is 1. The molecular weight excluding hydrogens is 280 g/mol. The van der Waals surface area contributed by atoms with Crippen molar-refractivity contribution < 1.29 is 14.6 Å². The van der Waals surface area contributed by atoms with Crippen molar-refractivity contribution in [2.75, 3.05) is 6.61 Å². The molecule has 1 aromatic heterocycles. The zero-order valence-electron chi connectivity index (χ0n) is 10.4. The molecular formula is C14H11ClN2O3. The second-order valence-corrected chi connectivity index (χ2v) is 4.25. The summed E-state index contributed by atoms with van der Waals surface area (Å²) in [7, 11) is 0. The first kappa shape index (κ1) is 14.0. The summed E-state index contributed by atoms with van der Waals surface area (Å²) in [4.78, 5) is 18.6. The van der Waals surface area contributed by atoms with E-state index in [1.807, 2.05) is 6.07 Å². The Morgan fingerprint density at radius 1 is 1.45 bits per heavy atom. The van der Waals surface area contributed by atoms with Gasteiger partial charge >= 0.3 is 5.97 Å². The van der Waals surface area contributed by atoms with Gasteiger partial charge in [-0.1, -0.05) is 11.6 Å². The molecule has 0 saturated heterocycles. The van der Waals surface area contributed by atoms with Gasteiger partial charge in [-0.15, -0.1) is 0 Å². The minimum atomic E-state index is -1.05. The molecule has 0 amide bonds. The monoisotopic (exact) mass is 290 g/mol. The number of aromatic nitrogens is 1. The lowest BCUT2D eigenvalue weighted by molar-refractivity contribution is -0.139. The third-order valence-corrected chi connectivity index (χ3v) is 2.61. The van der Waals surface area contributed by atoms with E-state index in [-0.39, 0.29) is 0 Å². The van der Waals surface area contributed by atoms with Crippen LogP contribution in [0.15, 0.2) is 47.7 Å². The first-order chi connectivity index (χ1) is 9.65. The summed E-state index contributed by atoms with van der Waals surface area (Å²) < 4.78 is 5.03. The molecule has 0 aliphatic rings. The summed E-state index contributed by atoms with van der Waals surface area (Å²) in [5.74, 6) is -0.726. The number of carboxylic acids is 1. The number of aliphatic imine (C=N–C) groups is 1. The second-order valence-electron chi connectivity index (χ2n) is 3.84. The predicted molar refractivity (Wildman–Crippen MR) is 76.1 cm³/mol. The van der Waals surface area contributed by atoms with E-state index in [4.69, 9.17) is 21.4 Å². The Balaban J connectivity index is 2.09. The van der Waals surface area contributed by atoms with Crippen LogP contribution in [0.1, 0.15) is 5.56 Å². The Bertz CT molecular complexity index is 630. The molecule has 0 saturated carbocycles. The maximum absolute atomic E-state index is 10.4. The zero-order chi connectivity index (χ0) is 14.4. The van der Waals surface area contributed by atoms with E-state index < -0.39 is 12.6 Å². The van der Waals surface area contributed by atoms with E-state index in [1.165, 1.54) is 0 Å². The Morgan fingerprint density at radius 2 is 2.30 bits per heavy atom. The summed E-state index contributed by atoms with van der Waals surface area (Å²) in [6.45, 7) is -0.428. The number of halogens is 1. The molecule has 1 heterocycles. The Kier molecular flexibility index (Phi) is 4.68. The van der Waals surface area contributed by atoms with Gasteiger partial charge in [-0.25, -0.2) is 4.79 Å². The number of aliphatic carboxylic acids is 1. The van der Waals surface area contributed by atoms with Gasteiger partial charge in [0.25, 0.3) is 0 Å². The van der Waals surface area contributed by atoms with Gasteiger partial charge in [-0.05, 0) is 35.9 Å². The molecule has 0 fully saturated rings. The van der Waals surface area contributed by atoms with Crippen molar-refractivity contribution >= 4 is 29.5 Å². The lowest BCUT2D eigenvalue weighted by Gasteiger charge is -2.05. The van der Waals surface area contributed by atoms with Crippen molar-refractivity contribution in [2.24, 2.45) is 4.99 Å². The highest BCUT2D eigenvalue weighted by atomic mass is 35.5. The van der Waals surface area contributed by atoms with E-state index in [2.05, 4.69) is 9.98 Å². The van der Waals surface area contributed by atoms with Crippen LogP contribution in [0.3, 0.4) is 0 Å². The van der Waals surface area contributed by atoms with Crippen molar-refractivity contribution in [2.45, 2.75) is 0 Å². The molecule has 1 aromatic carbocycles. The molecule has 2 rings (SSSR count). The number of nitrogens with zero attached hydrogens (tertiary/aromatic N) is 2. The smallest absolute Gasteiger partial charge is 0.341 e. The van der Waals surface area contributed by atoms with Gasteiger partial charge in [0, 0.05) is 12.4 Å². The first-order valence-corrected chi connectivity index (χ1v) is 6.11. The van der Waals surface area contributed by atoms with Crippen LogP contribution in [-0.4, -0.2) is 28.9 Å². The van der Waals surface area contributed by atoms with Crippen LogP contribution < -0.4 is 4.74 Å². The highest BCUT2D eigenvalue weighted by Gasteiger charge is 2.04. The van der Waals surface area contributed by atoms with Crippen LogP contribution in [-0.2, 0) is 4.79 Å². The van der Waals surface area contributed by atoms with Gasteiger partial charge in [0.05, 0.1) is 16.9 Å². The fraction of sp³-hybridized carbons (Fsp3) is 0.0714. The maximum Gasteiger partial charge on any atom is 0.341 e. The topological polar surface area (TPSA) is 71.8 Å². The SMILES string of the molecule is O=C(O)COc1ccc(C=Nc2cccnc2)cc1Cl. The fourth-order valence-corrected chi connectivity index (χ4v) is 1.68. The molecule has 0 atom stereocenters. The van der Waals surface area contributed by atoms with Crippen molar-refractivity contribution in [1.29, 1.82) is 0 Å². The molecule has 5 nitrogen and oxygen atoms in total. The van der Waals surface area contributed by atoms with Crippen molar-refractivity contribution in [3.05, 3.63) is 53.3 Å². The first-order valence-electron chi connectivity index (χ1n) is 5.73. The van der Waals surface area contributed by atoms with Gasteiger partial charge in [-0.2, -0.15) is 0 Å². The van der Waals surface area contributed by atoms with Crippen molar-refractivity contribution in [3.63, 3.8) is 0 Å². The van der Waals surface area contributed by atoms with E-state index in [0.717, 1.165) is 11.3 Å². The van der Waals surface area contributed by atoms with Crippen LogP contribution in [0.25, 0.3) is 0 Å². The number of hydrogen-bond donors (Lipinski definition) is 1. The van der Waals surface area contributed by atoms with Crippen LogP contribution in [0, 0.1) is 0 Å².